The largest absolute Gasteiger partial charge is 0.485 e. The fraction of sp³-hybridized carbons (Fsp3) is 0.583. The molecule has 4 rings (SSSR count). The molecule has 1 aromatic heterocycles. The van der Waals surface area contributed by atoms with Crippen molar-refractivity contribution in [2.24, 2.45) is 5.92 Å². The number of nitrogens with zero attached hydrogens (tertiary/aromatic N) is 3. The normalized spacial score (nSPS) is 17.6. The van der Waals surface area contributed by atoms with Crippen LogP contribution in [0.4, 0.5) is 0 Å². The van der Waals surface area contributed by atoms with Crippen molar-refractivity contribution >= 4 is 40.4 Å². The van der Waals surface area contributed by atoms with Crippen LogP contribution in [0.3, 0.4) is 0 Å². The van der Waals surface area contributed by atoms with Crippen LogP contribution in [0.2, 0.25) is 10.0 Å². The lowest BCUT2D eigenvalue weighted by molar-refractivity contribution is -0.136. The Morgan fingerprint density at radius 2 is 1.94 bits per heavy atom. The van der Waals surface area contributed by atoms with E-state index in [0.717, 1.165) is 49.7 Å². The monoisotopic (exact) mass is 495 g/mol. The molecule has 0 atom stereocenters. The Morgan fingerprint density at radius 3 is 2.72 bits per heavy atom. The van der Waals surface area contributed by atoms with Gasteiger partial charge in [0, 0.05) is 35.5 Å². The third-order valence-corrected chi connectivity index (χ3v) is 7.77. The highest BCUT2D eigenvalue weighted by Crippen LogP contribution is 2.29. The van der Waals surface area contributed by atoms with Crippen LogP contribution in [0.25, 0.3) is 0 Å². The molecule has 8 heteroatoms. The summed E-state index contributed by atoms with van der Waals surface area (Å²) < 4.78 is 5.82. The number of carbonyl (C=O) groups excluding carboxylic acids is 1. The van der Waals surface area contributed by atoms with Gasteiger partial charge in [0.2, 0.25) is 5.91 Å². The predicted octanol–water partition coefficient (Wildman–Crippen LogP) is 6.03. The van der Waals surface area contributed by atoms with Gasteiger partial charge in [-0.25, -0.2) is 4.98 Å². The number of hydrogen-bond acceptors (Lipinski definition) is 5. The highest BCUT2D eigenvalue weighted by atomic mass is 35.5. The Kier molecular flexibility index (Phi) is 8.69. The molecular formula is C24H31Cl2N3O2S. The number of hydrogen-bond donors (Lipinski definition) is 0. The summed E-state index contributed by atoms with van der Waals surface area (Å²) in [4.78, 5) is 22.5. The predicted molar refractivity (Wildman–Crippen MR) is 131 cm³/mol. The Hall–Kier alpha value is -1.34. The van der Waals surface area contributed by atoms with Gasteiger partial charge in [-0.15, -0.1) is 11.3 Å². The quantitative estimate of drug-likeness (QED) is 0.425. The lowest BCUT2D eigenvalue weighted by Crippen LogP contribution is -2.42. The number of rotatable bonds is 9. The van der Waals surface area contributed by atoms with Gasteiger partial charge in [-0.2, -0.15) is 0 Å². The van der Waals surface area contributed by atoms with E-state index in [-0.39, 0.29) is 5.92 Å². The second-order valence-electron chi connectivity index (χ2n) is 8.74. The average molecular weight is 497 g/mol. The second-order valence-corrected chi connectivity index (χ2v) is 10.5. The van der Waals surface area contributed by atoms with E-state index in [4.69, 9.17) is 32.9 Å². The van der Waals surface area contributed by atoms with Gasteiger partial charge >= 0.3 is 0 Å². The number of ether oxygens (including phenoxy) is 1. The zero-order valence-corrected chi connectivity index (χ0v) is 20.7. The lowest BCUT2D eigenvalue weighted by Gasteiger charge is -2.31. The van der Waals surface area contributed by atoms with Gasteiger partial charge in [-0.05, 0) is 50.9 Å². The van der Waals surface area contributed by atoms with Crippen LogP contribution in [-0.4, -0.2) is 46.9 Å². The van der Waals surface area contributed by atoms with Crippen LogP contribution in [0.1, 0.15) is 55.6 Å². The highest BCUT2D eigenvalue weighted by Gasteiger charge is 2.28. The number of piperidine rings is 1. The fourth-order valence-corrected chi connectivity index (χ4v) is 5.58. The molecule has 2 aromatic rings. The molecule has 2 fully saturated rings. The van der Waals surface area contributed by atoms with Crippen LogP contribution in [0.5, 0.6) is 5.75 Å². The zero-order chi connectivity index (χ0) is 22.3. The van der Waals surface area contributed by atoms with E-state index < -0.39 is 0 Å². The van der Waals surface area contributed by atoms with Crippen molar-refractivity contribution < 1.29 is 9.53 Å². The Balaban J connectivity index is 1.36. The highest BCUT2D eigenvalue weighted by molar-refractivity contribution is 7.09. The maximum absolute atomic E-state index is 13.2. The van der Waals surface area contributed by atoms with E-state index in [1.54, 1.807) is 29.5 Å². The number of likely N-dealkylation sites (tertiary alicyclic amines) is 1. The summed E-state index contributed by atoms with van der Waals surface area (Å²) in [5, 5.41) is 4.00. The van der Waals surface area contributed by atoms with Crippen molar-refractivity contribution in [1.82, 2.24) is 14.8 Å². The number of amides is 1. The molecule has 1 aromatic carbocycles. The molecule has 32 heavy (non-hydrogen) atoms. The Bertz CT molecular complexity index is 895. The second kappa shape index (κ2) is 11.7. The van der Waals surface area contributed by atoms with Crippen LogP contribution >= 0.6 is 34.5 Å². The Morgan fingerprint density at radius 1 is 1.16 bits per heavy atom. The first-order chi connectivity index (χ1) is 15.6. The van der Waals surface area contributed by atoms with Crippen LogP contribution in [0, 0.1) is 5.92 Å². The number of aromatic nitrogens is 1. The van der Waals surface area contributed by atoms with Gasteiger partial charge in [0.15, 0.2) is 0 Å². The van der Waals surface area contributed by atoms with E-state index in [1.807, 2.05) is 10.3 Å². The first-order valence-corrected chi connectivity index (χ1v) is 13.2. The summed E-state index contributed by atoms with van der Waals surface area (Å²) in [5.74, 6) is 1.04. The van der Waals surface area contributed by atoms with E-state index >= 15 is 0 Å². The molecular weight excluding hydrogens is 465 g/mol. The minimum atomic E-state index is 0.183. The van der Waals surface area contributed by atoms with Gasteiger partial charge in [-0.1, -0.05) is 42.5 Å². The summed E-state index contributed by atoms with van der Waals surface area (Å²) >= 11 is 13.8. The zero-order valence-electron chi connectivity index (χ0n) is 18.4. The van der Waals surface area contributed by atoms with E-state index in [2.05, 4.69) is 4.90 Å². The molecule has 2 aliphatic rings. The molecule has 174 valence electrons. The van der Waals surface area contributed by atoms with Crippen molar-refractivity contribution in [2.45, 2.75) is 58.1 Å². The summed E-state index contributed by atoms with van der Waals surface area (Å²) in [5.41, 5.74) is 0.927. The molecule has 1 aliphatic heterocycles. The third-order valence-electron chi connectivity index (χ3n) is 6.35. The fourth-order valence-electron chi connectivity index (χ4n) is 4.55. The van der Waals surface area contributed by atoms with Crippen LogP contribution < -0.4 is 4.74 Å². The molecule has 0 unspecified atom stereocenters. The summed E-state index contributed by atoms with van der Waals surface area (Å²) in [6.45, 7) is 4.92. The number of benzene rings is 1. The summed E-state index contributed by atoms with van der Waals surface area (Å²) in [7, 11) is 0. The van der Waals surface area contributed by atoms with Gasteiger partial charge in [0.05, 0.1) is 17.3 Å². The summed E-state index contributed by atoms with van der Waals surface area (Å²) in [6.07, 6.45) is 8.24. The van der Waals surface area contributed by atoms with Crippen molar-refractivity contribution in [3.05, 3.63) is 44.3 Å². The lowest BCUT2D eigenvalue weighted by atomic mass is 10.1. The molecule has 1 saturated heterocycles. The first kappa shape index (κ1) is 23.8. The minimum absolute atomic E-state index is 0.183. The maximum atomic E-state index is 13.2. The average Bonchev–Trinajstić information content (AvgIpc) is 3.50. The molecule has 0 radical (unpaired) electrons. The molecule has 1 aliphatic carbocycles. The Labute approximate surface area is 204 Å². The van der Waals surface area contributed by atoms with Crippen molar-refractivity contribution in [1.29, 1.82) is 0 Å². The molecule has 0 bridgehead atoms. The van der Waals surface area contributed by atoms with Crippen molar-refractivity contribution in [3.8, 4) is 5.75 Å². The topological polar surface area (TPSA) is 45.7 Å². The van der Waals surface area contributed by atoms with Crippen LogP contribution in [-0.2, 0) is 17.9 Å². The van der Waals surface area contributed by atoms with E-state index in [0.29, 0.717) is 34.9 Å². The van der Waals surface area contributed by atoms with Crippen molar-refractivity contribution in [3.63, 3.8) is 0 Å². The van der Waals surface area contributed by atoms with E-state index in [9.17, 15) is 4.79 Å². The van der Waals surface area contributed by atoms with Crippen molar-refractivity contribution in [2.75, 3.05) is 26.2 Å². The molecule has 1 saturated carbocycles. The smallest absolute Gasteiger partial charge is 0.226 e. The molecule has 0 spiro atoms. The number of carbonyl (C=O) groups is 1. The van der Waals surface area contributed by atoms with E-state index in [1.165, 1.54) is 32.1 Å². The molecule has 0 N–H and O–H groups in total. The van der Waals surface area contributed by atoms with Gasteiger partial charge in [-0.3, -0.25) is 4.79 Å². The van der Waals surface area contributed by atoms with Gasteiger partial charge in [0.1, 0.15) is 17.4 Å². The third kappa shape index (κ3) is 6.60. The molecule has 5 nitrogen and oxygen atoms in total. The minimum Gasteiger partial charge on any atom is -0.485 e. The van der Waals surface area contributed by atoms with Crippen LogP contribution in [0.15, 0.2) is 23.6 Å². The summed E-state index contributed by atoms with van der Waals surface area (Å²) in [6, 6.07) is 5.17. The number of thiazole rings is 1. The van der Waals surface area contributed by atoms with Gasteiger partial charge in [0.25, 0.3) is 0 Å². The SMILES string of the molecule is O=C(C1CCCC1)N(CCN1CCCCC1)Cc1csc(COc2cc(Cl)ccc2Cl)n1. The number of halogens is 2. The molecule has 2 heterocycles. The van der Waals surface area contributed by atoms with Gasteiger partial charge < -0.3 is 14.5 Å². The maximum Gasteiger partial charge on any atom is 0.226 e. The standard InChI is InChI=1S/C24H31Cl2N3O2S/c25-19-8-9-21(26)22(14-19)31-16-23-27-20(17-32-23)15-29(24(30)18-6-2-3-7-18)13-12-28-10-4-1-5-11-28/h8-9,14,17-18H,1-7,10-13,15-16H2. The first-order valence-electron chi connectivity index (χ1n) is 11.6. The molecule has 1 amide bonds.